The monoisotopic (exact) mass is 257 g/mol. The second-order valence-corrected chi connectivity index (χ2v) is 3.85. The van der Waals surface area contributed by atoms with E-state index in [9.17, 15) is 9.90 Å². The summed E-state index contributed by atoms with van der Waals surface area (Å²) in [5.41, 5.74) is 0.288. The molecule has 0 aliphatic heterocycles. The third-order valence-corrected chi connectivity index (χ3v) is 2.40. The van der Waals surface area contributed by atoms with E-state index < -0.39 is 6.10 Å². The maximum atomic E-state index is 11.7. The average Bonchev–Trinajstić information content (AvgIpc) is 2.71. The summed E-state index contributed by atoms with van der Waals surface area (Å²) < 4.78 is 11.3. The highest BCUT2D eigenvalue weighted by Gasteiger charge is 2.13. The van der Waals surface area contributed by atoms with Gasteiger partial charge in [0, 0.05) is 26.8 Å². The van der Waals surface area contributed by atoms with Crippen molar-refractivity contribution < 1.29 is 19.4 Å². The fraction of sp³-hybridized carbons (Fsp3) is 0.636. The zero-order valence-corrected chi connectivity index (χ0v) is 10.8. The van der Waals surface area contributed by atoms with Crippen molar-refractivity contribution in [1.82, 2.24) is 15.1 Å². The van der Waals surface area contributed by atoms with E-state index in [2.05, 4.69) is 10.4 Å². The first-order chi connectivity index (χ1) is 8.58. The molecule has 1 unspecified atom stereocenters. The first-order valence-corrected chi connectivity index (χ1v) is 5.61. The number of nitrogens with one attached hydrogen (secondary N) is 1. The lowest BCUT2D eigenvalue weighted by molar-refractivity contribution is 0.0587. The fourth-order valence-corrected chi connectivity index (χ4v) is 1.47. The van der Waals surface area contributed by atoms with Crippen LogP contribution in [0.25, 0.3) is 0 Å². The van der Waals surface area contributed by atoms with Gasteiger partial charge in [0.25, 0.3) is 5.91 Å². The van der Waals surface area contributed by atoms with Crippen LogP contribution in [0.5, 0.6) is 5.88 Å². The molecule has 0 radical (unpaired) electrons. The summed E-state index contributed by atoms with van der Waals surface area (Å²) in [7, 11) is 4.72. The third-order valence-electron chi connectivity index (χ3n) is 2.40. The molecule has 1 aromatic heterocycles. The van der Waals surface area contributed by atoms with E-state index in [0.29, 0.717) is 18.8 Å². The molecule has 1 atom stereocenters. The molecular weight excluding hydrogens is 238 g/mol. The number of hydrogen-bond donors (Lipinski definition) is 2. The number of ether oxygens (including phenoxy) is 2. The predicted octanol–water partition coefficient (Wildman–Crippen LogP) is -0.444. The van der Waals surface area contributed by atoms with Gasteiger partial charge >= 0.3 is 0 Å². The Bertz CT molecular complexity index is 392. The van der Waals surface area contributed by atoms with Gasteiger partial charge < -0.3 is 19.9 Å². The van der Waals surface area contributed by atoms with Gasteiger partial charge in [-0.15, -0.1) is 0 Å². The summed E-state index contributed by atoms with van der Waals surface area (Å²) in [6.45, 7) is 0.621. The van der Waals surface area contributed by atoms with Crippen molar-refractivity contribution in [3.05, 3.63) is 11.8 Å². The van der Waals surface area contributed by atoms with Crippen LogP contribution in [0.4, 0.5) is 0 Å². The maximum absolute atomic E-state index is 11.7. The smallest absolute Gasteiger partial charge is 0.271 e. The lowest BCUT2D eigenvalue weighted by Crippen LogP contribution is -2.28. The Morgan fingerprint density at radius 2 is 2.33 bits per heavy atom. The van der Waals surface area contributed by atoms with E-state index in [1.165, 1.54) is 18.9 Å². The Morgan fingerprint density at radius 3 is 2.89 bits per heavy atom. The van der Waals surface area contributed by atoms with Gasteiger partial charge in [-0.05, 0) is 6.42 Å². The van der Waals surface area contributed by atoms with Gasteiger partial charge in [0.15, 0.2) is 5.69 Å². The molecule has 1 amide bonds. The van der Waals surface area contributed by atoms with Crippen LogP contribution in [0.1, 0.15) is 16.9 Å². The number of amides is 1. The standard InChI is InChI=1S/C11H19N3O4/c1-14-10(18-3)6-9(13-14)11(16)12-5-4-8(15)7-17-2/h6,8,15H,4-5,7H2,1-3H3,(H,12,16). The van der Waals surface area contributed by atoms with E-state index in [0.717, 1.165) is 0 Å². The highest BCUT2D eigenvalue weighted by atomic mass is 16.5. The van der Waals surface area contributed by atoms with Crippen molar-refractivity contribution in [3.8, 4) is 5.88 Å². The van der Waals surface area contributed by atoms with Crippen molar-refractivity contribution >= 4 is 5.91 Å². The molecule has 0 spiro atoms. The minimum absolute atomic E-state index is 0.257. The van der Waals surface area contributed by atoms with E-state index in [1.54, 1.807) is 13.1 Å². The summed E-state index contributed by atoms with van der Waals surface area (Å²) >= 11 is 0. The summed E-state index contributed by atoms with van der Waals surface area (Å²) in [5.74, 6) is 0.220. The molecule has 0 aromatic carbocycles. The molecule has 1 heterocycles. The molecule has 0 saturated heterocycles. The molecule has 0 bridgehead atoms. The minimum Gasteiger partial charge on any atom is -0.481 e. The number of hydrogen-bond acceptors (Lipinski definition) is 5. The van der Waals surface area contributed by atoms with Crippen molar-refractivity contribution in [2.24, 2.45) is 7.05 Å². The van der Waals surface area contributed by atoms with Gasteiger partial charge in [-0.3, -0.25) is 4.79 Å². The molecular formula is C11H19N3O4. The Labute approximate surface area is 106 Å². The zero-order chi connectivity index (χ0) is 13.5. The van der Waals surface area contributed by atoms with E-state index in [4.69, 9.17) is 9.47 Å². The van der Waals surface area contributed by atoms with Gasteiger partial charge in [-0.1, -0.05) is 0 Å². The number of carbonyl (C=O) groups excluding carboxylic acids is 1. The molecule has 0 aliphatic rings. The summed E-state index contributed by atoms with van der Waals surface area (Å²) in [6, 6.07) is 1.56. The summed E-state index contributed by atoms with van der Waals surface area (Å²) in [4.78, 5) is 11.7. The SMILES string of the molecule is COCC(O)CCNC(=O)c1cc(OC)n(C)n1. The van der Waals surface area contributed by atoms with Crippen molar-refractivity contribution in [1.29, 1.82) is 0 Å². The molecule has 1 aromatic rings. The molecule has 0 aliphatic carbocycles. The van der Waals surface area contributed by atoms with Crippen LogP contribution < -0.4 is 10.1 Å². The summed E-state index contributed by atoms with van der Waals surface area (Å²) in [5, 5.41) is 16.1. The molecule has 0 saturated carbocycles. The number of aliphatic hydroxyl groups is 1. The first-order valence-electron chi connectivity index (χ1n) is 5.61. The normalized spacial score (nSPS) is 12.2. The Hall–Kier alpha value is -1.60. The largest absolute Gasteiger partial charge is 0.481 e. The maximum Gasteiger partial charge on any atom is 0.271 e. The van der Waals surface area contributed by atoms with E-state index in [-0.39, 0.29) is 18.2 Å². The number of aromatic nitrogens is 2. The van der Waals surface area contributed by atoms with Crippen molar-refractivity contribution in [3.63, 3.8) is 0 Å². The number of aliphatic hydroxyl groups excluding tert-OH is 1. The second-order valence-electron chi connectivity index (χ2n) is 3.85. The van der Waals surface area contributed by atoms with Crippen LogP contribution in [-0.4, -0.2) is 54.3 Å². The second kappa shape index (κ2) is 6.97. The molecule has 102 valence electrons. The van der Waals surface area contributed by atoms with Crippen LogP contribution in [0.3, 0.4) is 0 Å². The van der Waals surface area contributed by atoms with Crippen molar-refractivity contribution in [2.45, 2.75) is 12.5 Å². The highest BCUT2D eigenvalue weighted by Crippen LogP contribution is 2.10. The van der Waals surface area contributed by atoms with Gasteiger partial charge in [0.1, 0.15) is 0 Å². The van der Waals surface area contributed by atoms with Gasteiger partial charge in [-0.2, -0.15) is 5.10 Å². The van der Waals surface area contributed by atoms with Crippen LogP contribution in [0.15, 0.2) is 6.07 Å². The van der Waals surface area contributed by atoms with Crippen LogP contribution in [-0.2, 0) is 11.8 Å². The molecule has 0 fully saturated rings. The first kappa shape index (κ1) is 14.5. The third kappa shape index (κ3) is 4.01. The number of nitrogens with zero attached hydrogens (tertiary/aromatic N) is 2. The molecule has 2 N–H and O–H groups in total. The Balaban J connectivity index is 2.40. The Kier molecular flexibility index (Phi) is 5.60. The van der Waals surface area contributed by atoms with Crippen molar-refractivity contribution in [2.75, 3.05) is 27.4 Å². The topological polar surface area (TPSA) is 85.6 Å². The average molecular weight is 257 g/mol. The van der Waals surface area contributed by atoms with E-state index >= 15 is 0 Å². The summed E-state index contributed by atoms with van der Waals surface area (Å²) in [6.07, 6.45) is -0.141. The minimum atomic E-state index is -0.575. The van der Waals surface area contributed by atoms with E-state index in [1.807, 2.05) is 0 Å². The van der Waals surface area contributed by atoms with Crippen LogP contribution in [0, 0.1) is 0 Å². The zero-order valence-electron chi connectivity index (χ0n) is 10.8. The predicted molar refractivity (Wildman–Crippen MR) is 64.6 cm³/mol. The van der Waals surface area contributed by atoms with Crippen LogP contribution in [0.2, 0.25) is 0 Å². The van der Waals surface area contributed by atoms with Gasteiger partial charge in [0.05, 0.1) is 19.8 Å². The lowest BCUT2D eigenvalue weighted by Gasteiger charge is -2.09. The molecule has 7 heteroatoms. The Morgan fingerprint density at radius 1 is 1.61 bits per heavy atom. The van der Waals surface area contributed by atoms with Gasteiger partial charge in [-0.25, -0.2) is 4.68 Å². The number of carbonyl (C=O) groups is 1. The molecule has 1 rings (SSSR count). The van der Waals surface area contributed by atoms with Crippen LogP contribution >= 0.6 is 0 Å². The molecule has 18 heavy (non-hydrogen) atoms. The quantitative estimate of drug-likeness (QED) is 0.691. The van der Waals surface area contributed by atoms with Gasteiger partial charge in [0.2, 0.25) is 5.88 Å². The fourth-order valence-electron chi connectivity index (χ4n) is 1.47. The number of aryl methyl sites for hydroxylation is 1. The number of methoxy groups -OCH3 is 2. The molecule has 7 nitrogen and oxygen atoms in total. The highest BCUT2D eigenvalue weighted by molar-refractivity contribution is 5.92. The number of rotatable bonds is 7. The lowest BCUT2D eigenvalue weighted by atomic mass is 10.2.